The lowest BCUT2D eigenvalue weighted by Gasteiger charge is -2.32. The molecule has 4 nitrogen and oxygen atoms in total. The molecule has 1 saturated carbocycles. The van der Waals surface area contributed by atoms with Crippen LogP contribution in [-0.4, -0.2) is 24.4 Å². The summed E-state index contributed by atoms with van der Waals surface area (Å²) in [7, 11) is -0.427. The molecular formula is C16H20BNO3. The molecule has 5 heteroatoms. The van der Waals surface area contributed by atoms with Crippen LogP contribution < -0.4 is 10.2 Å². The third kappa shape index (κ3) is 2.66. The highest BCUT2D eigenvalue weighted by molar-refractivity contribution is 6.62. The minimum atomic E-state index is -0.427. The monoisotopic (exact) mass is 285 g/mol. The largest absolute Gasteiger partial charge is 0.494 e. The lowest BCUT2D eigenvalue weighted by Crippen LogP contribution is -2.41. The van der Waals surface area contributed by atoms with Gasteiger partial charge in [-0.1, -0.05) is 6.07 Å². The van der Waals surface area contributed by atoms with Gasteiger partial charge in [0.1, 0.15) is 11.8 Å². The first-order valence-corrected chi connectivity index (χ1v) is 7.39. The molecule has 0 N–H and O–H groups in total. The Morgan fingerprint density at radius 2 is 1.81 bits per heavy atom. The summed E-state index contributed by atoms with van der Waals surface area (Å²) >= 11 is 0. The molecule has 1 aromatic rings. The van der Waals surface area contributed by atoms with E-state index in [0.29, 0.717) is 11.3 Å². The van der Waals surface area contributed by atoms with Gasteiger partial charge in [-0.3, -0.25) is 0 Å². The van der Waals surface area contributed by atoms with E-state index in [4.69, 9.17) is 14.0 Å². The van der Waals surface area contributed by atoms with E-state index in [9.17, 15) is 5.26 Å². The molecule has 0 radical (unpaired) electrons. The van der Waals surface area contributed by atoms with Gasteiger partial charge in [0.05, 0.1) is 22.9 Å². The van der Waals surface area contributed by atoms with E-state index in [1.807, 2.05) is 39.8 Å². The number of hydrogen-bond acceptors (Lipinski definition) is 4. The topological polar surface area (TPSA) is 51.5 Å². The average molecular weight is 285 g/mol. The van der Waals surface area contributed by atoms with Crippen molar-refractivity contribution < 1.29 is 14.0 Å². The summed E-state index contributed by atoms with van der Waals surface area (Å²) in [5, 5.41) is 9.18. The first-order valence-electron chi connectivity index (χ1n) is 7.39. The molecule has 1 heterocycles. The second-order valence-electron chi connectivity index (χ2n) is 6.77. The van der Waals surface area contributed by atoms with E-state index in [-0.39, 0.29) is 17.3 Å². The Bertz CT molecular complexity index is 586. The van der Waals surface area contributed by atoms with E-state index < -0.39 is 7.12 Å². The van der Waals surface area contributed by atoms with Crippen LogP contribution in [0.25, 0.3) is 0 Å². The lowest BCUT2D eigenvalue weighted by atomic mass is 9.78. The van der Waals surface area contributed by atoms with Crippen LogP contribution in [0.4, 0.5) is 0 Å². The molecule has 0 aromatic heterocycles. The van der Waals surface area contributed by atoms with Gasteiger partial charge in [-0.05, 0) is 58.1 Å². The lowest BCUT2D eigenvalue weighted by molar-refractivity contribution is 0.00578. The maximum atomic E-state index is 9.18. The Kier molecular flexibility index (Phi) is 3.27. The molecule has 1 aliphatic carbocycles. The third-order valence-electron chi connectivity index (χ3n) is 4.47. The number of rotatable bonds is 3. The van der Waals surface area contributed by atoms with Gasteiger partial charge in [-0.25, -0.2) is 0 Å². The molecule has 21 heavy (non-hydrogen) atoms. The number of hydrogen-bond donors (Lipinski definition) is 0. The summed E-state index contributed by atoms with van der Waals surface area (Å²) in [6.07, 6.45) is 2.38. The molecule has 0 amide bonds. The van der Waals surface area contributed by atoms with Gasteiger partial charge >= 0.3 is 7.12 Å². The molecule has 0 bridgehead atoms. The summed E-state index contributed by atoms with van der Waals surface area (Å²) in [4.78, 5) is 0. The third-order valence-corrected chi connectivity index (χ3v) is 4.47. The van der Waals surface area contributed by atoms with Crippen molar-refractivity contribution in [3.05, 3.63) is 23.8 Å². The fourth-order valence-corrected chi connectivity index (χ4v) is 2.22. The van der Waals surface area contributed by atoms with Gasteiger partial charge in [-0.15, -0.1) is 0 Å². The summed E-state index contributed by atoms with van der Waals surface area (Å²) in [5.74, 6) is 0.632. The highest BCUT2D eigenvalue weighted by Gasteiger charge is 2.51. The zero-order valence-electron chi connectivity index (χ0n) is 13.0. The molecule has 1 aromatic carbocycles. The van der Waals surface area contributed by atoms with Gasteiger partial charge in [-0.2, -0.15) is 5.26 Å². The predicted octanol–water partition coefficient (Wildman–Crippen LogP) is 2.40. The highest BCUT2D eigenvalue weighted by atomic mass is 16.7. The van der Waals surface area contributed by atoms with Crippen molar-refractivity contribution in [3.63, 3.8) is 0 Å². The van der Waals surface area contributed by atoms with E-state index in [0.717, 1.165) is 18.3 Å². The van der Waals surface area contributed by atoms with Crippen LogP contribution >= 0.6 is 0 Å². The maximum Gasteiger partial charge on any atom is 0.494 e. The number of nitriles is 1. The van der Waals surface area contributed by atoms with Gasteiger partial charge in [0.15, 0.2) is 0 Å². The van der Waals surface area contributed by atoms with Crippen LogP contribution in [0.3, 0.4) is 0 Å². The van der Waals surface area contributed by atoms with Crippen molar-refractivity contribution in [1.82, 2.24) is 0 Å². The van der Waals surface area contributed by atoms with Crippen molar-refractivity contribution in [2.24, 2.45) is 0 Å². The standard InChI is InChI=1S/C16H20BNO3/c1-15(2)16(3,4)21-17(20-15)12-6-5-11(10-18)14(9-12)19-13-7-8-13/h5-6,9,13H,7-8H2,1-4H3. The zero-order valence-corrected chi connectivity index (χ0v) is 13.0. The van der Waals surface area contributed by atoms with Crippen LogP contribution in [0.1, 0.15) is 46.1 Å². The van der Waals surface area contributed by atoms with Crippen molar-refractivity contribution in [1.29, 1.82) is 5.26 Å². The second-order valence-corrected chi connectivity index (χ2v) is 6.77. The average Bonchev–Trinajstić information content (AvgIpc) is 3.17. The molecule has 2 aliphatic rings. The summed E-state index contributed by atoms with van der Waals surface area (Å²) in [6, 6.07) is 7.70. The van der Waals surface area contributed by atoms with Crippen molar-refractivity contribution in [2.45, 2.75) is 57.8 Å². The predicted molar refractivity (Wildman–Crippen MR) is 80.5 cm³/mol. The number of ether oxygens (including phenoxy) is 1. The summed E-state index contributed by atoms with van der Waals surface area (Å²) < 4.78 is 17.9. The molecular weight excluding hydrogens is 265 g/mol. The smallest absolute Gasteiger partial charge is 0.489 e. The van der Waals surface area contributed by atoms with Gasteiger partial charge in [0.2, 0.25) is 0 Å². The normalized spacial score (nSPS) is 22.9. The van der Waals surface area contributed by atoms with Crippen molar-refractivity contribution in [3.8, 4) is 11.8 Å². The Hall–Kier alpha value is -1.51. The fraction of sp³-hybridized carbons (Fsp3) is 0.562. The van der Waals surface area contributed by atoms with E-state index in [2.05, 4.69) is 6.07 Å². The van der Waals surface area contributed by atoms with Crippen LogP contribution in [0.5, 0.6) is 5.75 Å². The Labute approximate surface area is 126 Å². The number of benzene rings is 1. The summed E-state index contributed by atoms with van der Waals surface area (Å²) in [6.45, 7) is 8.10. The SMILES string of the molecule is CC1(C)OB(c2ccc(C#N)c(OC3CC3)c2)OC1(C)C. The molecule has 110 valence electrons. The quantitative estimate of drug-likeness (QED) is 0.800. The van der Waals surface area contributed by atoms with Crippen LogP contribution in [0, 0.1) is 11.3 Å². The van der Waals surface area contributed by atoms with E-state index in [1.165, 1.54) is 0 Å². The molecule has 3 rings (SSSR count). The minimum absolute atomic E-state index is 0.255. The molecule has 2 fully saturated rings. The Morgan fingerprint density at radius 1 is 1.19 bits per heavy atom. The van der Waals surface area contributed by atoms with Gasteiger partial charge < -0.3 is 14.0 Å². The molecule has 1 saturated heterocycles. The highest BCUT2D eigenvalue weighted by Crippen LogP contribution is 2.37. The first-order chi connectivity index (χ1) is 9.82. The van der Waals surface area contributed by atoms with E-state index >= 15 is 0 Å². The van der Waals surface area contributed by atoms with Crippen molar-refractivity contribution in [2.75, 3.05) is 0 Å². The van der Waals surface area contributed by atoms with Gasteiger partial charge in [0, 0.05) is 0 Å². The van der Waals surface area contributed by atoms with Crippen LogP contribution in [0.2, 0.25) is 0 Å². The maximum absolute atomic E-state index is 9.18. The summed E-state index contributed by atoms with van der Waals surface area (Å²) in [5.41, 5.74) is 0.706. The Balaban J connectivity index is 1.88. The Morgan fingerprint density at radius 3 is 2.33 bits per heavy atom. The second kappa shape index (κ2) is 4.76. The van der Waals surface area contributed by atoms with Crippen LogP contribution in [-0.2, 0) is 9.31 Å². The first kappa shape index (κ1) is 14.4. The molecule has 1 aliphatic heterocycles. The van der Waals surface area contributed by atoms with Crippen LogP contribution in [0.15, 0.2) is 18.2 Å². The van der Waals surface area contributed by atoms with E-state index in [1.54, 1.807) is 6.07 Å². The minimum Gasteiger partial charge on any atom is -0.489 e. The zero-order chi connectivity index (χ0) is 15.3. The molecule has 0 atom stereocenters. The molecule has 0 unspecified atom stereocenters. The fourth-order valence-electron chi connectivity index (χ4n) is 2.22. The number of nitrogens with zero attached hydrogens (tertiary/aromatic N) is 1. The van der Waals surface area contributed by atoms with Crippen molar-refractivity contribution >= 4 is 12.6 Å². The van der Waals surface area contributed by atoms with Gasteiger partial charge in [0.25, 0.3) is 0 Å². The molecule has 0 spiro atoms.